The Morgan fingerprint density at radius 3 is 2.48 bits per heavy atom. The molecule has 154 valence electrons. The van der Waals surface area contributed by atoms with E-state index in [0.29, 0.717) is 23.6 Å². The molecule has 0 radical (unpaired) electrons. The number of ketones is 1. The summed E-state index contributed by atoms with van der Waals surface area (Å²) >= 11 is 0. The first-order valence-corrected chi connectivity index (χ1v) is 9.38. The second-order valence-corrected chi connectivity index (χ2v) is 7.20. The number of aryl methyl sites for hydroxylation is 1. The minimum absolute atomic E-state index is 0.0178. The van der Waals surface area contributed by atoms with Gasteiger partial charge >= 0.3 is 0 Å². The largest absolute Gasteiger partial charge is 0.496 e. The summed E-state index contributed by atoms with van der Waals surface area (Å²) in [6.45, 7) is 4.47. The summed E-state index contributed by atoms with van der Waals surface area (Å²) in [6, 6.07) is 3.80. The van der Waals surface area contributed by atoms with Gasteiger partial charge in [-0.1, -0.05) is 13.8 Å². The van der Waals surface area contributed by atoms with Crippen LogP contribution in [0, 0.1) is 5.92 Å². The van der Waals surface area contributed by atoms with Crippen LogP contribution in [-0.2, 0) is 18.4 Å². The van der Waals surface area contributed by atoms with Crippen molar-refractivity contribution in [3.63, 3.8) is 0 Å². The molecule has 3 rings (SSSR count). The van der Waals surface area contributed by atoms with Crippen LogP contribution in [0.25, 0.3) is 22.0 Å². The van der Waals surface area contributed by atoms with Crippen molar-refractivity contribution < 1.29 is 14.3 Å². The van der Waals surface area contributed by atoms with Crippen molar-refractivity contribution >= 4 is 16.7 Å². The molecule has 0 aliphatic rings. The second-order valence-electron chi connectivity index (χ2n) is 7.20. The minimum Gasteiger partial charge on any atom is -0.496 e. The molecule has 1 aromatic carbocycles. The number of Topliss-reactive ketones (excluding diaryl/α,β-unsaturated/α-hetero) is 1. The van der Waals surface area contributed by atoms with Crippen molar-refractivity contribution in [3.8, 4) is 22.6 Å². The number of methoxy groups -OCH3 is 2. The summed E-state index contributed by atoms with van der Waals surface area (Å²) in [5.74, 6) is 1.39. The quantitative estimate of drug-likeness (QED) is 0.604. The topological polar surface area (TPSA) is 98.2 Å². The maximum Gasteiger partial charge on any atom is 0.276 e. The molecule has 3 aromatic rings. The fourth-order valence-corrected chi connectivity index (χ4v) is 3.21. The van der Waals surface area contributed by atoms with E-state index in [1.165, 1.54) is 4.57 Å². The molecular weight excluding hydrogens is 372 g/mol. The Kier molecular flexibility index (Phi) is 6.03. The van der Waals surface area contributed by atoms with E-state index in [-0.39, 0.29) is 23.8 Å². The van der Waals surface area contributed by atoms with Crippen LogP contribution in [0.2, 0.25) is 0 Å². The van der Waals surface area contributed by atoms with Crippen molar-refractivity contribution in [2.24, 2.45) is 13.0 Å². The summed E-state index contributed by atoms with van der Waals surface area (Å²) in [6.07, 6.45) is 3.41. The van der Waals surface area contributed by atoms with Crippen molar-refractivity contribution in [1.29, 1.82) is 0 Å². The number of H-pyrrole nitrogens is 1. The number of ether oxygens (including phenoxy) is 2. The van der Waals surface area contributed by atoms with Gasteiger partial charge in [0, 0.05) is 42.2 Å². The summed E-state index contributed by atoms with van der Waals surface area (Å²) in [4.78, 5) is 24.2. The Balaban J connectivity index is 2.03. The first-order valence-electron chi connectivity index (χ1n) is 9.38. The number of fused-ring (bicyclic) bond motifs is 1. The van der Waals surface area contributed by atoms with Gasteiger partial charge in [0.25, 0.3) is 5.56 Å². The standard InChI is InChI=1S/C21H26N4O4/c1-12(2)17(26)10-22-8-15-18(28-4)6-13(7-19(15)29-5)16-11-25(3)21(27)20-14(16)9-23-24-20/h6-7,9,11-12,22H,8,10H2,1-5H3,(H,23,24). The average molecular weight is 398 g/mol. The average Bonchev–Trinajstić information content (AvgIpc) is 3.20. The highest BCUT2D eigenvalue weighted by Gasteiger charge is 2.17. The number of nitrogens with one attached hydrogen (secondary N) is 2. The van der Waals surface area contributed by atoms with Crippen LogP contribution in [0.4, 0.5) is 0 Å². The molecule has 0 unspecified atom stereocenters. The van der Waals surface area contributed by atoms with Crippen LogP contribution in [-0.4, -0.2) is 41.3 Å². The number of aromatic amines is 1. The second kappa shape index (κ2) is 8.48. The molecule has 0 saturated heterocycles. The van der Waals surface area contributed by atoms with E-state index in [1.807, 2.05) is 26.0 Å². The van der Waals surface area contributed by atoms with Gasteiger partial charge in [-0.3, -0.25) is 14.7 Å². The highest BCUT2D eigenvalue weighted by molar-refractivity contribution is 5.94. The minimum atomic E-state index is -0.143. The van der Waals surface area contributed by atoms with E-state index in [4.69, 9.17) is 9.47 Å². The normalized spacial score (nSPS) is 11.2. The van der Waals surface area contributed by atoms with Crippen molar-refractivity contribution in [1.82, 2.24) is 20.1 Å². The number of nitrogens with zero attached hydrogens (tertiary/aromatic N) is 2. The zero-order valence-electron chi connectivity index (χ0n) is 17.3. The molecule has 2 N–H and O–H groups in total. The summed E-state index contributed by atoms with van der Waals surface area (Å²) in [7, 11) is 4.88. The Labute approximate surface area is 168 Å². The van der Waals surface area contributed by atoms with E-state index in [0.717, 1.165) is 22.1 Å². The molecule has 0 saturated carbocycles. The molecule has 2 aromatic heterocycles. The van der Waals surface area contributed by atoms with Gasteiger partial charge in [0.05, 0.1) is 27.0 Å². The highest BCUT2D eigenvalue weighted by atomic mass is 16.5. The fraction of sp³-hybridized carbons (Fsp3) is 0.381. The monoisotopic (exact) mass is 398 g/mol. The molecule has 29 heavy (non-hydrogen) atoms. The van der Waals surface area contributed by atoms with Crippen LogP contribution in [0.1, 0.15) is 19.4 Å². The van der Waals surface area contributed by atoms with E-state index >= 15 is 0 Å². The summed E-state index contributed by atoms with van der Waals surface area (Å²) < 4.78 is 12.7. The third-order valence-corrected chi connectivity index (χ3v) is 4.95. The number of hydrogen-bond donors (Lipinski definition) is 2. The number of carbonyl (C=O) groups excluding carboxylic acids is 1. The molecular formula is C21H26N4O4. The number of rotatable bonds is 8. The van der Waals surface area contributed by atoms with Crippen LogP contribution in [0.5, 0.6) is 11.5 Å². The first-order chi connectivity index (χ1) is 13.9. The van der Waals surface area contributed by atoms with Gasteiger partial charge in [-0.25, -0.2) is 0 Å². The lowest BCUT2D eigenvalue weighted by atomic mass is 10.0. The van der Waals surface area contributed by atoms with Crippen molar-refractivity contribution in [2.45, 2.75) is 20.4 Å². The Morgan fingerprint density at radius 1 is 1.24 bits per heavy atom. The molecule has 0 amide bonds. The highest BCUT2D eigenvalue weighted by Crippen LogP contribution is 2.36. The van der Waals surface area contributed by atoms with Crippen LogP contribution < -0.4 is 20.3 Å². The molecule has 0 spiro atoms. The van der Waals surface area contributed by atoms with Gasteiger partial charge < -0.3 is 19.4 Å². The zero-order chi connectivity index (χ0) is 21.1. The lowest BCUT2D eigenvalue weighted by Crippen LogP contribution is -2.26. The number of pyridine rings is 1. The number of aromatic nitrogens is 3. The van der Waals surface area contributed by atoms with E-state index in [9.17, 15) is 9.59 Å². The zero-order valence-corrected chi connectivity index (χ0v) is 17.3. The first kappa shape index (κ1) is 20.6. The van der Waals surface area contributed by atoms with Crippen molar-refractivity contribution in [3.05, 3.63) is 40.4 Å². The number of benzene rings is 1. The number of carbonyl (C=O) groups is 1. The van der Waals surface area contributed by atoms with Crippen LogP contribution >= 0.6 is 0 Å². The van der Waals surface area contributed by atoms with Gasteiger partial charge in [0.15, 0.2) is 0 Å². The Hall–Kier alpha value is -3.13. The van der Waals surface area contributed by atoms with Crippen LogP contribution in [0.15, 0.2) is 29.3 Å². The third-order valence-electron chi connectivity index (χ3n) is 4.95. The van der Waals surface area contributed by atoms with Crippen molar-refractivity contribution in [2.75, 3.05) is 20.8 Å². The van der Waals surface area contributed by atoms with Gasteiger partial charge in [-0.15, -0.1) is 0 Å². The molecule has 8 nitrogen and oxygen atoms in total. The molecule has 0 atom stereocenters. The smallest absolute Gasteiger partial charge is 0.276 e. The maximum absolute atomic E-state index is 12.3. The third kappa shape index (κ3) is 4.02. The SMILES string of the molecule is COc1cc(-c2cn(C)c(=O)c3[nH]ncc23)cc(OC)c1CNCC(=O)C(C)C. The summed E-state index contributed by atoms with van der Waals surface area (Å²) in [5, 5.41) is 10.7. The van der Waals surface area contributed by atoms with Gasteiger partial charge in [-0.2, -0.15) is 5.10 Å². The van der Waals surface area contributed by atoms with Crippen LogP contribution in [0.3, 0.4) is 0 Å². The Morgan fingerprint density at radius 2 is 1.90 bits per heavy atom. The van der Waals surface area contributed by atoms with Gasteiger partial charge in [-0.05, 0) is 17.7 Å². The van der Waals surface area contributed by atoms with E-state index < -0.39 is 0 Å². The molecule has 0 aliphatic carbocycles. The molecule has 0 fully saturated rings. The lowest BCUT2D eigenvalue weighted by molar-refractivity contribution is -0.121. The van der Waals surface area contributed by atoms with Gasteiger partial charge in [0.2, 0.25) is 0 Å². The summed E-state index contributed by atoms with van der Waals surface area (Å²) in [5.41, 5.74) is 2.80. The fourth-order valence-electron chi connectivity index (χ4n) is 3.21. The number of hydrogen-bond acceptors (Lipinski definition) is 6. The molecule has 0 aliphatic heterocycles. The molecule has 8 heteroatoms. The molecule has 2 heterocycles. The predicted molar refractivity (Wildman–Crippen MR) is 111 cm³/mol. The predicted octanol–water partition coefficient (Wildman–Crippen LogP) is 2.26. The maximum atomic E-state index is 12.3. The van der Waals surface area contributed by atoms with E-state index in [2.05, 4.69) is 15.5 Å². The Bertz CT molecular complexity index is 1070. The van der Waals surface area contributed by atoms with E-state index in [1.54, 1.807) is 33.7 Å². The van der Waals surface area contributed by atoms with Gasteiger partial charge in [0.1, 0.15) is 22.8 Å². The lowest BCUT2D eigenvalue weighted by Gasteiger charge is -2.17. The molecule has 0 bridgehead atoms.